The molecule has 1 aromatic heterocycles. The fourth-order valence-electron chi connectivity index (χ4n) is 2.08. The molecule has 0 aliphatic carbocycles. The van der Waals surface area contributed by atoms with Crippen molar-refractivity contribution in [3.05, 3.63) is 24.3 Å². The van der Waals surface area contributed by atoms with Crippen molar-refractivity contribution in [1.82, 2.24) is 9.88 Å². The summed E-state index contributed by atoms with van der Waals surface area (Å²) in [6.07, 6.45) is 2.38. The van der Waals surface area contributed by atoms with E-state index in [0.717, 1.165) is 31.7 Å². The van der Waals surface area contributed by atoms with Crippen molar-refractivity contribution in [2.24, 2.45) is 0 Å². The summed E-state index contributed by atoms with van der Waals surface area (Å²) in [5.74, 6) is -0.358. The van der Waals surface area contributed by atoms with Gasteiger partial charge in [0.1, 0.15) is 0 Å². The molecular weight excluding hydrogens is 221 g/mol. The first-order valence-corrected chi connectivity index (χ1v) is 5.79. The molecule has 5 heteroatoms. The van der Waals surface area contributed by atoms with E-state index >= 15 is 0 Å². The maximum absolute atomic E-state index is 13.0. The topological polar surface area (TPSA) is 36.4 Å². The second-order valence-electron chi connectivity index (χ2n) is 4.18. The van der Waals surface area contributed by atoms with Crippen molar-refractivity contribution in [2.75, 3.05) is 31.1 Å². The lowest BCUT2D eigenvalue weighted by molar-refractivity contribution is -0.128. The summed E-state index contributed by atoms with van der Waals surface area (Å²) < 4.78 is 13.0. The van der Waals surface area contributed by atoms with Crippen LogP contribution in [-0.4, -0.2) is 42.0 Å². The van der Waals surface area contributed by atoms with Gasteiger partial charge in [-0.2, -0.15) is 4.39 Å². The zero-order valence-electron chi connectivity index (χ0n) is 9.90. The van der Waals surface area contributed by atoms with Crippen molar-refractivity contribution < 1.29 is 9.18 Å². The predicted octanol–water partition coefficient (Wildman–Crippen LogP) is 1.28. The summed E-state index contributed by atoms with van der Waals surface area (Å²) in [7, 11) is 0. The number of carbonyl (C=O) groups excluding carboxylic acids is 1. The van der Waals surface area contributed by atoms with E-state index in [2.05, 4.69) is 9.88 Å². The molecule has 4 nitrogen and oxygen atoms in total. The van der Waals surface area contributed by atoms with Crippen molar-refractivity contribution in [3.8, 4) is 0 Å². The first-order chi connectivity index (χ1) is 8.16. The summed E-state index contributed by atoms with van der Waals surface area (Å²) >= 11 is 0. The second-order valence-corrected chi connectivity index (χ2v) is 4.18. The molecule has 0 saturated carbocycles. The number of anilines is 1. The molecule has 0 bridgehead atoms. The van der Waals surface area contributed by atoms with Crippen molar-refractivity contribution in [2.45, 2.75) is 13.3 Å². The molecule has 0 aromatic carbocycles. The number of hydrogen-bond donors (Lipinski definition) is 0. The van der Waals surface area contributed by atoms with Gasteiger partial charge in [-0.05, 0) is 12.5 Å². The zero-order chi connectivity index (χ0) is 12.3. The maximum atomic E-state index is 13.0. The molecular formula is C12H16FN3O. The molecule has 0 unspecified atom stereocenters. The van der Waals surface area contributed by atoms with Crippen LogP contribution in [0.4, 0.5) is 10.1 Å². The number of halogens is 1. The summed E-state index contributed by atoms with van der Waals surface area (Å²) in [5, 5.41) is 0. The Bertz CT molecular complexity index is 410. The minimum Gasteiger partial charge on any atom is -0.370 e. The van der Waals surface area contributed by atoms with Crippen molar-refractivity contribution >= 4 is 11.6 Å². The van der Waals surface area contributed by atoms with E-state index in [-0.39, 0.29) is 5.91 Å². The molecule has 1 saturated heterocycles. The van der Waals surface area contributed by atoms with Gasteiger partial charge in [0, 0.05) is 51.1 Å². The van der Waals surface area contributed by atoms with Crippen LogP contribution in [0.5, 0.6) is 0 Å². The molecule has 1 amide bonds. The van der Waals surface area contributed by atoms with E-state index in [1.165, 1.54) is 12.3 Å². The van der Waals surface area contributed by atoms with Crippen LogP contribution in [0, 0.1) is 5.95 Å². The van der Waals surface area contributed by atoms with Crippen LogP contribution in [0.2, 0.25) is 0 Å². The molecule has 1 aliphatic heterocycles. The van der Waals surface area contributed by atoms with Gasteiger partial charge in [-0.1, -0.05) is 0 Å². The number of pyridine rings is 1. The molecule has 1 aliphatic rings. The highest BCUT2D eigenvalue weighted by molar-refractivity contribution is 5.73. The first kappa shape index (κ1) is 11.8. The third-order valence-electron chi connectivity index (χ3n) is 3.02. The third kappa shape index (κ3) is 2.93. The van der Waals surface area contributed by atoms with Gasteiger partial charge in [-0.15, -0.1) is 0 Å². The summed E-state index contributed by atoms with van der Waals surface area (Å²) in [6.45, 7) is 4.64. The highest BCUT2D eigenvalue weighted by Gasteiger charge is 2.16. The Hall–Kier alpha value is -1.65. The lowest BCUT2D eigenvalue weighted by Crippen LogP contribution is -2.33. The highest BCUT2D eigenvalue weighted by Crippen LogP contribution is 2.16. The summed E-state index contributed by atoms with van der Waals surface area (Å²) in [5.41, 5.74) is 0.836. The minimum absolute atomic E-state index is 0.104. The Morgan fingerprint density at radius 3 is 2.88 bits per heavy atom. The van der Waals surface area contributed by atoms with E-state index in [0.29, 0.717) is 6.54 Å². The molecule has 2 heterocycles. The van der Waals surface area contributed by atoms with Gasteiger partial charge in [0.15, 0.2) is 0 Å². The van der Waals surface area contributed by atoms with Gasteiger partial charge in [-0.3, -0.25) is 4.79 Å². The molecule has 2 rings (SSSR count). The van der Waals surface area contributed by atoms with E-state index in [4.69, 9.17) is 0 Å². The van der Waals surface area contributed by atoms with Crippen LogP contribution in [0.15, 0.2) is 18.3 Å². The van der Waals surface area contributed by atoms with Crippen LogP contribution < -0.4 is 4.90 Å². The number of aromatic nitrogens is 1. The number of carbonyl (C=O) groups is 1. The van der Waals surface area contributed by atoms with E-state index < -0.39 is 5.95 Å². The Kier molecular flexibility index (Phi) is 3.56. The maximum Gasteiger partial charge on any atom is 0.219 e. The van der Waals surface area contributed by atoms with Gasteiger partial charge in [0.05, 0.1) is 0 Å². The van der Waals surface area contributed by atoms with Crippen molar-refractivity contribution in [3.63, 3.8) is 0 Å². The fraction of sp³-hybridized carbons (Fsp3) is 0.500. The number of nitrogens with zero attached hydrogens (tertiary/aromatic N) is 3. The van der Waals surface area contributed by atoms with Gasteiger partial charge >= 0.3 is 0 Å². The minimum atomic E-state index is -0.463. The molecule has 17 heavy (non-hydrogen) atoms. The predicted molar refractivity (Wildman–Crippen MR) is 63.3 cm³/mol. The molecule has 92 valence electrons. The second kappa shape index (κ2) is 5.12. The third-order valence-corrected chi connectivity index (χ3v) is 3.02. The quantitative estimate of drug-likeness (QED) is 0.690. The fourth-order valence-corrected chi connectivity index (χ4v) is 2.08. The van der Waals surface area contributed by atoms with Gasteiger partial charge < -0.3 is 9.80 Å². The Balaban J connectivity index is 2.06. The van der Waals surface area contributed by atoms with Crippen LogP contribution in [0.25, 0.3) is 0 Å². The Labute approximate surface area is 100 Å². The Morgan fingerprint density at radius 1 is 1.35 bits per heavy atom. The van der Waals surface area contributed by atoms with Crippen molar-refractivity contribution in [1.29, 1.82) is 0 Å². The SMILES string of the molecule is CC(=O)N1CCCN(c2ccnc(F)c2)CC1. The molecule has 0 N–H and O–H groups in total. The van der Waals surface area contributed by atoms with E-state index in [1.807, 2.05) is 4.90 Å². The molecule has 1 aromatic rings. The number of hydrogen-bond acceptors (Lipinski definition) is 3. The average Bonchev–Trinajstić information content (AvgIpc) is 2.54. The van der Waals surface area contributed by atoms with Gasteiger partial charge in [0.2, 0.25) is 11.9 Å². The number of amides is 1. The molecule has 0 atom stereocenters. The normalized spacial score (nSPS) is 16.8. The zero-order valence-corrected chi connectivity index (χ0v) is 9.90. The monoisotopic (exact) mass is 237 g/mol. The number of rotatable bonds is 1. The summed E-state index contributed by atoms with van der Waals surface area (Å²) in [6, 6.07) is 3.23. The van der Waals surface area contributed by atoms with Crippen LogP contribution >= 0.6 is 0 Å². The Morgan fingerprint density at radius 2 is 2.18 bits per heavy atom. The lowest BCUT2D eigenvalue weighted by Gasteiger charge is -2.23. The highest BCUT2D eigenvalue weighted by atomic mass is 19.1. The smallest absolute Gasteiger partial charge is 0.219 e. The first-order valence-electron chi connectivity index (χ1n) is 5.79. The molecule has 0 spiro atoms. The average molecular weight is 237 g/mol. The van der Waals surface area contributed by atoms with Gasteiger partial charge in [0.25, 0.3) is 0 Å². The standard InChI is InChI=1S/C12H16FN3O/c1-10(17)15-5-2-6-16(8-7-15)11-3-4-14-12(13)9-11/h3-4,9H,2,5-8H2,1H3. The van der Waals surface area contributed by atoms with E-state index in [1.54, 1.807) is 13.0 Å². The van der Waals surface area contributed by atoms with Crippen LogP contribution in [0.3, 0.4) is 0 Å². The molecule has 0 radical (unpaired) electrons. The lowest BCUT2D eigenvalue weighted by atomic mass is 10.3. The molecule has 1 fully saturated rings. The van der Waals surface area contributed by atoms with Crippen LogP contribution in [0.1, 0.15) is 13.3 Å². The van der Waals surface area contributed by atoms with E-state index in [9.17, 15) is 9.18 Å². The largest absolute Gasteiger partial charge is 0.370 e. The van der Waals surface area contributed by atoms with Crippen LogP contribution in [-0.2, 0) is 4.79 Å². The van der Waals surface area contributed by atoms with Gasteiger partial charge in [-0.25, -0.2) is 4.98 Å². The summed E-state index contributed by atoms with van der Waals surface area (Å²) in [4.78, 5) is 18.8.